The van der Waals surface area contributed by atoms with Crippen LogP contribution in [0.15, 0.2) is 120 Å². The fraction of sp³-hybridized carbons (Fsp3) is 0.0811. The van der Waals surface area contributed by atoms with Gasteiger partial charge in [0.2, 0.25) is 0 Å². The summed E-state index contributed by atoms with van der Waals surface area (Å²) in [5.41, 5.74) is 10.9. The standard InChI is InChI=1S/C37H25NO/c1-37(2)31-12-6-3-9-24(31)28-17-15-22-19-33-30(21-29(22)36(28)37)25-10-4-7-13-32(25)38(33)23-16-18-27-26-11-5-8-14-34(26)39-35(27)20-23/h3-21H,1-2H3. The molecule has 0 saturated heterocycles. The molecule has 1 aliphatic rings. The lowest BCUT2D eigenvalue weighted by atomic mass is 9.80. The van der Waals surface area contributed by atoms with Gasteiger partial charge in [-0.15, -0.1) is 0 Å². The third-order valence-corrected chi connectivity index (χ3v) is 8.95. The quantitative estimate of drug-likeness (QED) is 0.220. The lowest BCUT2D eigenvalue weighted by Gasteiger charge is -2.23. The summed E-state index contributed by atoms with van der Waals surface area (Å²) in [5.74, 6) is 0. The van der Waals surface area contributed by atoms with Gasteiger partial charge in [0, 0.05) is 38.7 Å². The van der Waals surface area contributed by atoms with Crippen molar-refractivity contribution in [1.82, 2.24) is 4.57 Å². The summed E-state index contributed by atoms with van der Waals surface area (Å²) in [6, 6.07) is 42.0. The number of furan rings is 1. The fourth-order valence-corrected chi connectivity index (χ4v) is 7.21. The van der Waals surface area contributed by atoms with Crippen molar-refractivity contribution in [3.8, 4) is 16.8 Å². The lowest BCUT2D eigenvalue weighted by molar-refractivity contribution is 0.666. The van der Waals surface area contributed by atoms with Gasteiger partial charge in [-0.1, -0.05) is 86.6 Å². The zero-order chi connectivity index (χ0) is 25.9. The number of aromatic nitrogens is 1. The average Bonchev–Trinajstić information content (AvgIpc) is 3.57. The van der Waals surface area contributed by atoms with E-state index in [1.807, 2.05) is 12.1 Å². The van der Waals surface area contributed by atoms with Gasteiger partial charge >= 0.3 is 0 Å². The highest BCUT2D eigenvalue weighted by atomic mass is 16.3. The Morgan fingerprint density at radius 1 is 0.538 bits per heavy atom. The van der Waals surface area contributed by atoms with Crippen LogP contribution in [0.4, 0.5) is 0 Å². The average molecular weight is 500 g/mol. The molecule has 0 atom stereocenters. The monoisotopic (exact) mass is 499 g/mol. The van der Waals surface area contributed by atoms with E-state index in [4.69, 9.17) is 4.42 Å². The molecule has 1 aliphatic carbocycles. The van der Waals surface area contributed by atoms with Crippen LogP contribution in [0.3, 0.4) is 0 Å². The molecule has 0 bridgehead atoms. The number of rotatable bonds is 1. The Labute approximate surface area is 225 Å². The molecule has 6 aromatic carbocycles. The number of hydrogen-bond donors (Lipinski definition) is 0. The van der Waals surface area contributed by atoms with E-state index >= 15 is 0 Å². The van der Waals surface area contributed by atoms with Gasteiger partial charge in [0.15, 0.2) is 0 Å². The first-order valence-electron chi connectivity index (χ1n) is 13.6. The van der Waals surface area contributed by atoms with Gasteiger partial charge in [0.25, 0.3) is 0 Å². The maximum absolute atomic E-state index is 6.28. The second-order valence-electron chi connectivity index (χ2n) is 11.4. The highest BCUT2D eigenvalue weighted by molar-refractivity contribution is 6.15. The lowest BCUT2D eigenvalue weighted by Crippen LogP contribution is -2.15. The van der Waals surface area contributed by atoms with Gasteiger partial charge in [0.1, 0.15) is 11.2 Å². The third kappa shape index (κ3) is 2.66. The molecule has 0 spiro atoms. The van der Waals surface area contributed by atoms with E-state index in [0.717, 1.165) is 27.6 Å². The van der Waals surface area contributed by atoms with Gasteiger partial charge in [0.05, 0.1) is 11.0 Å². The van der Waals surface area contributed by atoms with Crippen molar-refractivity contribution in [2.45, 2.75) is 19.3 Å². The molecule has 39 heavy (non-hydrogen) atoms. The van der Waals surface area contributed by atoms with E-state index in [9.17, 15) is 0 Å². The maximum atomic E-state index is 6.28. The summed E-state index contributed by atoms with van der Waals surface area (Å²) in [4.78, 5) is 0. The first-order valence-corrected chi connectivity index (χ1v) is 13.6. The Hall–Kier alpha value is -4.82. The smallest absolute Gasteiger partial charge is 0.137 e. The van der Waals surface area contributed by atoms with Crippen molar-refractivity contribution in [3.63, 3.8) is 0 Å². The Kier molecular flexibility index (Phi) is 3.89. The molecular formula is C37H25NO. The molecule has 0 amide bonds. The third-order valence-electron chi connectivity index (χ3n) is 8.95. The Morgan fingerprint density at radius 2 is 1.31 bits per heavy atom. The number of fused-ring (bicyclic) bond motifs is 11. The molecule has 0 N–H and O–H groups in total. The van der Waals surface area contributed by atoms with Crippen LogP contribution < -0.4 is 0 Å². The highest BCUT2D eigenvalue weighted by Gasteiger charge is 2.36. The molecule has 2 aromatic heterocycles. The van der Waals surface area contributed by atoms with Gasteiger partial charge in [-0.25, -0.2) is 0 Å². The van der Waals surface area contributed by atoms with E-state index < -0.39 is 0 Å². The van der Waals surface area contributed by atoms with E-state index in [-0.39, 0.29) is 5.41 Å². The van der Waals surface area contributed by atoms with Crippen LogP contribution in [0.25, 0.3) is 71.3 Å². The van der Waals surface area contributed by atoms with Crippen LogP contribution >= 0.6 is 0 Å². The van der Waals surface area contributed by atoms with Gasteiger partial charge in [-0.3, -0.25) is 0 Å². The second-order valence-corrected chi connectivity index (χ2v) is 11.4. The Morgan fingerprint density at radius 3 is 2.23 bits per heavy atom. The van der Waals surface area contributed by atoms with Crippen molar-refractivity contribution in [3.05, 3.63) is 126 Å². The summed E-state index contributed by atoms with van der Waals surface area (Å²) < 4.78 is 8.67. The molecule has 9 rings (SSSR count). The van der Waals surface area contributed by atoms with Gasteiger partial charge < -0.3 is 8.98 Å². The number of benzene rings is 6. The van der Waals surface area contributed by atoms with E-state index in [1.54, 1.807) is 0 Å². The molecule has 2 nitrogen and oxygen atoms in total. The van der Waals surface area contributed by atoms with E-state index in [2.05, 4.69) is 122 Å². The molecule has 0 aliphatic heterocycles. The van der Waals surface area contributed by atoms with Crippen LogP contribution in [0.1, 0.15) is 25.0 Å². The molecular weight excluding hydrogens is 474 g/mol. The molecule has 8 aromatic rings. The minimum atomic E-state index is -0.0518. The summed E-state index contributed by atoms with van der Waals surface area (Å²) in [5, 5.41) is 7.48. The first kappa shape index (κ1) is 21.2. The number of nitrogens with zero attached hydrogens (tertiary/aromatic N) is 1. The van der Waals surface area contributed by atoms with Crippen LogP contribution in [0.2, 0.25) is 0 Å². The van der Waals surface area contributed by atoms with Crippen LogP contribution in [0.5, 0.6) is 0 Å². The van der Waals surface area contributed by atoms with E-state index in [1.165, 1.54) is 54.8 Å². The minimum Gasteiger partial charge on any atom is -0.456 e. The first-order chi connectivity index (χ1) is 19.1. The largest absolute Gasteiger partial charge is 0.456 e. The molecule has 0 saturated carbocycles. The van der Waals surface area contributed by atoms with Crippen molar-refractivity contribution >= 4 is 54.5 Å². The second kappa shape index (κ2) is 7.18. The molecule has 0 unspecified atom stereocenters. The molecule has 2 heteroatoms. The highest BCUT2D eigenvalue weighted by Crippen LogP contribution is 2.52. The number of para-hydroxylation sites is 2. The van der Waals surface area contributed by atoms with Crippen LogP contribution in [-0.2, 0) is 5.41 Å². The molecule has 184 valence electrons. The topological polar surface area (TPSA) is 18.1 Å². The van der Waals surface area contributed by atoms with Crippen molar-refractivity contribution in [2.75, 3.05) is 0 Å². The van der Waals surface area contributed by atoms with E-state index in [0.29, 0.717) is 0 Å². The summed E-state index contributed by atoms with van der Waals surface area (Å²) in [6.07, 6.45) is 0. The van der Waals surface area contributed by atoms with Crippen molar-refractivity contribution in [1.29, 1.82) is 0 Å². The van der Waals surface area contributed by atoms with Crippen LogP contribution in [-0.4, -0.2) is 4.57 Å². The number of hydrogen-bond acceptors (Lipinski definition) is 1. The predicted molar refractivity (Wildman–Crippen MR) is 163 cm³/mol. The summed E-state index contributed by atoms with van der Waals surface area (Å²) >= 11 is 0. The maximum Gasteiger partial charge on any atom is 0.137 e. The fourth-order valence-electron chi connectivity index (χ4n) is 7.21. The summed E-state index contributed by atoms with van der Waals surface area (Å²) in [7, 11) is 0. The van der Waals surface area contributed by atoms with Gasteiger partial charge in [-0.2, -0.15) is 0 Å². The van der Waals surface area contributed by atoms with Gasteiger partial charge in [-0.05, 0) is 69.4 Å². The zero-order valence-corrected chi connectivity index (χ0v) is 21.8. The summed E-state index contributed by atoms with van der Waals surface area (Å²) in [6.45, 7) is 4.74. The normalized spacial score (nSPS) is 14.1. The van der Waals surface area contributed by atoms with Crippen LogP contribution in [0, 0.1) is 0 Å². The zero-order valence-electron chi connectivity index (χ0n) is 21.8. The molecule has 0 fully saturated rings. The Bertz CT molecular complexity index is 2310. The predicted octanol–water partition coefficient (Wildman–Crippen LogP) is 10.1. The molecule has 0 radical (unpaired) electrons. The SMILES string of the molecule is CC1(C)c2ccccc2-c2ccc3cc4c(cc3c21)c1ccccc1n4-c1ccc2c(c1)oc1ccccc12. The van der Waals surface area contributed by atoms with Crippen molar-refractivity contribution < 1.29 is 4.42 Å². The van der Waals surface area contributed by atoms with Crippen molar-refractivity contribution in [2.24, 2.45) is 0 Å². The minimum absolute atomic E-state index is 0.0518. The molecule has 2 heterocycles. The Balaban J connectivity index is 1.37.